The van der Waals surface area contributed by atoms with Crippen LogP contribution in [0.2, 0.25) is 5.02 Å². The van der Waals surface area contributed by atoms with E-state index in [1.165, 1.54) is 0 Å². The van der Waals surface area contributed by atoms with Gasteiger partial charge in [0.1, 0.15) is 17.3 Å². The zero-order chi connectivity index (χ0) is 16.8. The first-order valence-electron chi connectivity index (χ1n) is 7.39. The van der Waals surface area contributed by atoms with Crippen molar-refractivity contribution in [2.24, 2.45) is 4.99 Å². The average molecular weight is 336 g/mol. The molecular formula is C17H22ClN3O2. The summed E-state index contributed by atoms with van der Waals surface area (Å²) in [6.07, 6.45) is 0. The second-order valence-corrected chi connectivity index (χ2v) is 5.63. The fourth-order valence-corrected chi connectivity index (χ4v) is 2.36. The van der Waals surface area contributed by atoms with Crippen molar-refractivity contribution in [3.63, 3.8) is 0 Å². The van der Waals surface area contributed by atoms with Gasteiger partial charge in [-0.2, -0.15) is 0 Å². The monoisotopic (exact) mass is 335 g/mol. The molecule has 0 aliphatic rings. The van der Waals surface area contributed by atoms with Crippen LogP contribution in [0.4, 0.5) is 0 Å². The van der Waals surface area contributed by atoms with Crippen LogP contribution in [0.1, 0.15) is 30.0 Å². The van der Waals surface area contributed by atoms with Crippen molar-refractivity contribution < 1.29 is 9.15 Å². The fourth-order valence-electron chi connectivity index (χ4n) is 2.20. The largest absolute Gasteiger partial charge is 0.496 e. The summed E-state index contributed by atoms with van der Waals surface area (Å²) in [6.45, 7) is 4.52. The summed E-state index contributed by atoms with van der Waals surface area (Å²) in [5.74, 6) is 3.19. The number of nitrogens with zero attached hydrogens (tertiary/aromatic N) is 1. The first kappa shape index (κ1) is 17.2. The number of rotatable bonds is 5. The first-order chi connectivity index (χ1) is 11.0. The lowest BCUT2D eigenvalue weighted by Crippen LogP contribution is -2.38. The van der Waals surface area contributed by atoms with E-state index >= 15 is 0 Å². The molecule has 23 heavy (non-hydrogen) atoms. The molecule has 5 nitrogen and oxygen atoms in total. The minimum atomic E-state index is 0.0158. The molecule has 1 heterocycles. The number of halogens is 1. The predicted molar refractivity (Wildman–Crippen MR) is 93.2 cm³/mol. The Morgan fingerprint density at radius 1 is 1.35 bits per heavy atom. The van der Waals surface area contributed by atoms with Crippen molar-refractivity contribution in [2.45, 2.75) is 26.4 Å². The maximum absolute atomic E-state index is 5.98. The van der Waals surface area contributed by atoms with Crippen molar-refractivity contribution in [1.82, 2.24) is 10.6 Å². The lowest BCUT2D eigenvalue weighted by molar-refractivity contribution is 0.409. The van der Waals surface area contributed by atoms with E-state index in [0.717, 1.165) is 22.8 Å². The molecule has 124 valence electrons. The van der Waals surface area contributed by atoms with Crippen LogP contribution >= 0.6 is 11.6 Å². The Labute approximate surface area is 141 Å². The van der Waals surface area contributed by atoms with Crippen LogP contribution in [0, 0.1) is 6.92 Å². The van der Waals surface area contributed by atoms with E-state index in [-0.39, 0.29) is 6.04 Å². The molecule has 0 aliphatic carbocycles. The van der Waals surface area contributed by atoms with Crippen LogP contribution in [0.25, 0.3) is 0 Å². The number of furan rings is 1. The minimum absolute atomic E-state index is 0.0158. The number of hydrogen-bond donors (Lipinski definition) is 2. The molecule has 0 fully saturated rings. The average Bonchev–Trinajstić information content (AvgIpc) is 2.98. The smallest absolute Gasteiger partial charge is 0.191 e. The summed E-state index contributed by atoms with van der Waals surface area (Å²) >= 11 is 5.98. The number of aliphatic imine (C=N–C) groups is 1. The van der Waals surface area contributed by atoms with E-state index in [2.05, 4.69) is 15.6 Å². The minimum Gasteiger partial charge on any atom is -0.496 e. The topological polar surface area (TPSA) is 58.8 Å². The highest BCUT2D eigenvalue weighted by molar-refractivity contribution is 6.30. The van der Waals surface area contributed by atoms with Crippen LogP contribution in [0.3, 0.4) is 0 Å². The van der Waals surface area contributed by atoms with E-state index in [1.807, 2.05) is 38.1 Å². The standard InChI is InChI=1S/C17H22ClN3O2/c1-11-5-8-15(23-11)12(2)21-17(19-3)20-10-13-6-7-14(18)9-16(13)22-4/h5-9,12H,10H2,1-4H3,(H2,19,20,21). The second-order valence-electron chi connectivity index (χ2n) is 5.20. The summed E-state index contributed by atoms with van der Waals surface area (Å²) in [5, 5.41) is 7.20. The van der Waals surface area contributed by atoms with Gasteiger partial charge in [-0.3, -0.25) is 4.99 Å². The van der Waals surface area contributed by atoms with Gasteiger partial charge in [0.2, 0.25) is 0 Å². The van der Waals surface area contributed by atoms with Crippen LogP contribution in [-0.2, 0) is 6.54 Å². The van der Waals surface area contributed by atoms with Gasteiger partial charge < -0.3 is 19.8 Å². The molecule has 1 atom stereocenters. The zero-order valence-electron chi connectivity index (χ0n) is 13.8. The Hall–Kier alpha value is -2.14. The van der Waals surface area contributed by atoms with Gasteiger partial charge in [-0.1, -0.05) is 17.7 Å². The number of nitrogens with one attached hydrogen (secondary N) is 2. The van der Waals surface area contributed by atoms with Crippen LogP contribution in [0.5, 0.6) is 5.75 Å². The Balaban J connectivity index is 1.98. The van der Waals surface area contributed by atoms with Gasteiger partial charge in [-0.05, 0) is 38.1 Å². The van der Waals surface area contributed by atoms with E-state index in [1.54, 1.807) is 20.2 Å². The van der Waals surface area contributed by atoms with Crippen molar-refractivity contribution in [3.05, 3.63) is 52.4 Å². The molecule has 0 aliphatic heterocycles. The van der Waals surface area contributed by atoms with Crippen LogP contribution in [0.15, 0.2) is 39.7 Å². The molecule has 0 amide bonds. The van der Waals surface area contributed by atoms with Crippen LogP contribution in [-0.4, -0.2) is 20.1 Å². The number of benzene rings is 1. The molecule has 1 aromatic heterocycles. The first-order valence-corrected chi connectivity index (χ1v) is 7.77. The normalized spacial score (nSPS) is 12.8. The summed E-state index contributed by atoms with van der Waals surface area (Å²) in [4.78, 5) is 4.23. The molecule has 0 spiro atoms. The van der Waals surface area contributed by atoms with E-state index in [0.29, 0.717) is 17.5 Å². The van der Waals surface area contributed by atoms with Crippen molar-refractivity contribution in [2.75, 3.05) is 14.2 Å². The van der Waals surface area contributed by atoms with Crippen molar-refractivity contribution in [1.29, 1.82) is 0 Å². The Morgan fingerprint density at radius 2 is 2.13 bits per heavy atom. The Bertz CT molecular complexity index is 682. The summed E-state index contributed by atoms with van der Waals surface area (Å²) in [5.41, 5.74) is 1.00. The lowest BCUT2D eigenvalue weighted by Gasteiger charge is -2.17. The maximum atomic E-state index is 5.98. The molecule has 1 aromatic carbocycles. The van der Waals surface area contributed by atoms with E-state index in [4.69, 9.17) is 20.8 Å². The number of guanidine groups is 1. The molecule has 0 radical (unpaired) electrons. The molecule has 2 N–H and O–H groups in total. The molecule has 2 aromatic rings. The van der Waals surface area contributed by atoms with Gasteiger partial charge in [-0.25, -0.2) is 0 Å². The second kappa shape index (κ2) is 7.92. The summed E-state index contributed by atoms with van der Waals surface area (Å²) in [6, 6.07) is 9.49. The van der Waals surface area contributed by atoms with Crippen molar-refractivity contribution >= 4 is 17.6 Å². The number of ether oxygens (including phenoxy) is 1. The summed E-state index contributed by atoms with van der Waals surface area (Å²) in [7, 11) is 3.36. The molecule has 2 rings (SSSR count). The molecular weight excluding hydrogens is 314 g/mol. The fraction of sp³-hybridized carbons (Fsp3) is 0.353. The third-order valence-electron chi connectivity index (χ3n) is 3.46. The molecule has 0 saturated heterocycles. The highest BCUT2D eigenvalue weighted by Crippen LogP contribution is 2.23. The van der Waals surface area contributed by atoms with Crippen LogP contribution < -0.4 is 15.4 Å². The molecule has 1 unspecified atom stereocenters. The Morgan fingerprint density at radius 3 is 2.74 bits per heavy atom. The third kappa shape index (κ3) is 4.66. The van der Waals surface area contributed by atoms with Gasteiger partial charge in [0.15, 0.2) is 5.96 Å². The molecule has 0 saturated carbocycles. The third-order valence-corrected chi connectivity index (χ3v) is 3.70. The van der Waals surface area contributed by atoms with Crippen molar-refractivity contribution in [3.8, 4) is 5.75 Å². The summed E-state index contributed by atoms with van der Waals surface area (Å²) < 4.78 is 11.0. The van der Waals surface area contributed by atoms with Gasteiger partial charge >= 0.3 is 0 Å². The maximum Gasteiger partial charge on any atom is 0.191 e. The molecule has 6 heteroatoms. The highest BCUT2D eigenvalue weighted by Gasteiger charge is 2.12. The SMILES string of the molecule is CN=C(NCc1ccc(Cl)cc1OC)NC(C)c1ccc(C)o1. The zero-order valence-corrected chi connectivity index (χ0v) is 14.6. The van der Waals surface area contributed by atoms with Gasteiger partial charge in [-0.15, -0.1) is 0 Å². The Kier molecular flexibility index (Phi) is 5.93. The van der Waals surface area contributed by atoms with E-state index in [9.17, 15) is 0 Å². The number of hydrogen-bond acceptors (Lipinski definition) is 3. The number of aryl methyl sites for hydroxylation is 1. The van der Waals surface area contributed by atoms with Gasteiger partial charge in [0.25, 0.3) is 0 Å². The number of methoxy groups -OCH3 is 1. The van der Waals surface area contributed by atoms with Gasteiger partial charge in [0.05, 0.1) is 13.2 Å². The van der Waals surface area contributed by atoms with Gasteiger partial charge in [0, 0.05) is 24.2 Å². The highest BCUT2D eigenvalue weighted by atomic mass is 35.5. The van der Waals surface area contributed by atoms with E-state index < -0.39 is 0 Å². The lowest BCUT2D eigenvalue weighted by atomic mass is 10.2. The predicted octanol–water partition coefficient (Wildman–Crippen LogP) is 3.68. The molecule has 0 bridgehead atoms. The quantitative estimate of drug-likeness (QED) is 0.646.